The van der Waals surface area contributed by atoms with E-state index in [1.54, 1.807) is 4.88 Å². The van der Waals surface area contributed by atoms with Gasteiger partial charge in [0, 0.05) is 42.7 Å². The molecule has 0 N–H and O–H groups in total. The first-order valence-corrected chi connectivity index (χ1v) is 9.28. The quantitative estimate of drug-likeness (QED) is 0.872. The van der Waals surface area contributed by atoms with E-state index in [0.29, 0.717) is 5.92 Å². The highest BCUT2D eigenvalue weighted by Crippen LogP contribution is 2.34. The standard InChI is InChI=1S/C17H24N4S/c1-20-10-13(9-18-20)11-21-8-4-5-14(12-21)17-19-15-6-2-3-7-16(15)22-17/h9-10,14H,2-8,11-12H2,1H3. The Balaban J connectivity index is 1.45. The van der Waals surface area contributed by atoms with E-state index in [9.17, 15) is 0 Å². The molecular formula is C17H24N4S. The Morgan fingerprint density at radius 3 is 3.00 bits per heavy atom. The first-order chi connectivity index (χ1) is 10.8. The summed E-state index contributed by atoms with van der Waals surface area (Å²) in [5, 5.41) is 5.69. The highest BCUT2D eigenvalue weighted by Gasteiger charge is 2.26. The van der Waals surface area contributed by atoms with Gasteiger partial charge in [0.25, 0.3) is 0 Å². The fourth-order valence-electron chi connectivity index (χ4n) is 3.76. The summed E-state index contributed by atoms with van der Waals surface area (Å²) in [5.74, 6) is 0.640. The van der Waals surface area contributed by atoms with Crippen LogP contribution in [-0.2, 0) is 26.4 Å². The first-order valence-electron chi connectivity index (χ1n) is 8.46. The maximum Gasteiger partial charge on any atom is 0.0974 e. The number of rotatable bonds is 3. The molecule has 0 saturated carbocycles. The zero-order valence-electron chi connectivity index (χ0n) is 13.3. The molecule has 2 aromatic heterocycles. The normalized spacial score (nSPS) is 22.7. The van der Waals surface area contributed by atoms with Crippen LogP contribution in [0.2, 0.25) is 0 Å². The summed E-state index contributed by atoms with van der Waals surface area (Å²) in [4.78, 5) is 9.15. The van der Waals surface area contributed by atoms with Crippen LogP contribution in [0.4, 0.5) is 0 Å². The molecule has 1 aliphatic heterocycles. The van der Waals surface area contributed by atoms with Crippen molar-refractivity contribution in [3.8, 4) is 0 Å². The molecule has 22 heavy (non-hydrogen) atoms. The molecule has 118 valence electrons. The van der Waals surface area contributed by atoms with Crippen molar-refractivity contribution in [2.24, 2.45) is 7.05 Å². The van der Waals surface area contributed by atoms with Gasteiger partial charge in [-0.1, -0.05) is 0 Å². The summed E-state index contributed by atoms with van der Waals surface area (Å²) in [5.41, 5.74) is 2.73. The molecule has 1 saturated heterocycles. The minimum absolute atomic E-state index is 0.640. The van der Waals surface area contributed by atoms with E-state index >= 15 is 0 Å². The van der Waals surface area contributed by atoms with Gasteiger partial charge in [0.1, 0.15) is 0 Å². The van der Waals surface area contributed by atoms with Crippen LogP contribution in [0.25, 0.3) is 0 Å². The van der Waals surface area contributed by atoms with Crippen LogP contribution < -0.4 is 0 Å². The number of aryl methyl sites for hydroxylation is 3. The van der Waals surface area contributed by atoms with Crippen molar-refractivity contribution in [2.45, 2.75) is 51.0 Å². The van der Waals surface area contributed by atoms with E-state index in [1.807, 2.05) is 29.3 Å². The van der Waals surface area contributed by atoms with Crippen LogP contribution in [0, 0.1) is 0 Å². The molecule has 0 radical (unpaired) electrons. The van der Waals surface area contributed by atoms with Gasteiger partial charge in [-0.25, -0.2) is 4.98 Å². The van der Waals surface area contributed by atoms with Crippen LogP contribution in [0.5, 0.6) is 0 Å². The molecule has 0 bridgehead atoms. The van der Waals surface area contributed by atoms with Crippen LogP contribution in [0.1, 0.15) is 52.7 Å². The Bertz CT molecular complexity index is 621. The zero-order valence-corrected chi connectivity index (χ0v) is 14.1. The second-order valence-corrected chi connectivity index (χ2v) is 7.84. The van der Waals surface area contributed by atoms with Crippen LogP contribution in [-0.4, -0.2) is 32.8 Å². The third-order valence-electron chi connectivity index (χ3n) is 4.88. The molecule has 4 rings (SSSR count). The van der Waals surface area contributed by atoms with E-state index in [1.165, 1.54) is 61.3 Å². The fraction of sp³-hybridized carbons (Fsp3) is 0.647. The van der Waals surface area contributed by atoms with Gasteiger partial charge in [-0.05, 0) is 45.1 Å². The van der Waals surface area contributed by atoms with Crippen molar-refractivity contribution in [1.82, 2.24) is 19.7 Å². The average molecular weight is 316 g/mol. The van der Waals surface area contributed by atoms with Crippen molar-refractivity contribution >= 4 is 11.3 Å². The van der Waals surface area contributed by atoms with E-state index < -0.39 is 0 Å². The molecule has 0 amide bonds. The monoisotopic (exact) mass is 316 g/mol. The first kappa shape index (κ1) is 14.4. The lowest BCUT2D eigenvalue weighted by molar-refractivity contribution is 0.200. The van der Waals surface area contributed by atoms with Gasteiger partial charge in [-0.3, -0.25) is 9.58 Å². The second kappa shape index (κ2) is 6.13. The number of piperidine rings is 1. The van der Waals surface area contributed by atoms with Crippen LogP contribution in [0.3, 0.4) is 0 Å². The van der Waals surface area contributed by atoms with Gasteiger partial charge >= 0.3 is 0 Å². The van der Waals surface area contributed by atoms with Gasteiger partial charge in [-0.15, -0.1) is 11.3 Å². The maximum atomic E-state index is 5.00. The molecule has 2 aromatic rings. The van der Waals surface area contributed by atoms with Crippen molar-refractivity contribution in [2.75, 3.05) is 13.1 Å². The minimum atomic E-state index is 0.640. The van der Waals surface area contributed by atoms with Gasteiger partial charge in [0.2, 0.25) is 0 Å². The molecule has 5 heteroatoms. The Kier molecular flexibility index (Phi) is 4.01. The number of likely N-dealkylation sites (tertiary alicyclic amines) is 1. The SMILES string of the molecule is Cn1cc(CN2CCCC(c3nc4c(s3)CCCC4)C2)cn1. The van der Waals surface area contributed by atoms with Crippen LogP contribution >= 0.6 is 11.3 Å². The molecule has 3 heterocycles. The van der Waals surface area contributed by atoms with E-state index in [-0.39, 0.29) is 0 Å². The van der Waals surface area contributed by atoms with Gasteiger partial charge in [-0.2, -0.15) is 5.10 Å². The zero-order chi connectivity index (χ0) is 14.9. The highest BCUT2D eigenvalue weighted by molar-refractivity contribution is 7.11. The third-order valence-corrected chi connectivity index (χ3v) is 6.20. The lowest BCUT2D eigenvalue weighted by Crippen LogP contribution is -2.33. The molecule has 1 fully saturated rings. The predicted octanol–water partition coefficient (Wildman–Crippen LogP) is 3.14. The summed E-state index contributed by atoms with van der Waals surface area (Å²) < 4.78 is 1.89. The van der Waals surface area contributed by atoms with Gasteiger partial charge < -0.3 is 0 Å². The summed E-state index contributed by atoms with van der Waals surface area (Å²) in [7, 11) is 1.99. The van der Waals surface area contributed by atoms with Gasteiger partial charge in [0.15, 0.2) is 0 Å². The van der Waals surface area contributed by atoms with Crippen molar-refractivity contribution in [1.29, 1.82) is 0 Å². The van der Waals surface area contributed by atoms with Crippen LogP contribution in [0.15, 0.2) is 12.4 Å². The topological polar surface area (TPSA) is 34.0 Å². The smallest absolute Gasteiger partial charge is 0.0974 e. The summed E-state index contributed by atoms with van der Waals surface area (Å²) >= 11 is 2.00. The van der Waals surface area contributed by atoms with Crippen molar-refractivity contribution in [3.05, 3.63) is 33.5 Å². The molecule has 0 spiro atoms. The predicted molar refractivity (Wildman–Crippen MR) is 89.2 cm³/mol. The number of aromatic nitrogens is 3. The Labute approximate surface area is 136 Å². The average Bonchev–Trinajstić information content (AvgIpc) is 3.13. The second-order valence-electron chi connectivity index (χ2n) is 6.73. The highest BCUT2D eigenvalue weighted by atomic mass is 32.1. The summed E-state index contributed by atoms with van der Waals surface area (Å²) in [6.07, 6.45) is 11.9. The Hall–Kier alpha value is -1.20. The van der Waals surface area contributed by atoms with Crippen molar-refractivity contribution in [3.63, 3.8) is 0 Å². The van der Waals surface area contributed by atoms with Crippen molar-refractivity contribution < 1.29 is 0 Å². The van der Waals surface area contributed by atoms with E-state index in [0.717, 1.165) is 13.1 Å². The molecule has 1 aliphatic carbocycles. The fourth-order valence-corrected chi connectivity index (χ4v) is 5.04. The number of nitrogens with zero attached hydrogens (tertiary/aromatic N) is 4. The molecule has 4 nitrogen and oxygen atoms in total. The largest absolute Gasteiger partial charge is 0.298 e. The lowest BCUT2D eigenvalue weighted by Gasteiger charge is -2.31. The lowest BCUT2D eigenvalue weighted by atomic mass is 9.98. The summed E-state index contributed by atoms with van der Waals surface area (Å²) in [6, 6.07) is 0. The minimum Gasteiger partial charge on any atom is -0.298 e. The van der Waals surface area contributed by atoms with E-state index in [4.69, 9.17) is 4.98 Å². The number of fused-ring (bicyclic) bond motifs is 1. The molecule has 1 unspecified atom stereocenters. The molecule has 2 aliphatic rings. The van der Waals surface area contributed by atoms with E-state index in [2.05, 4.69) is 16.2 Å². The Morgan fingerprint density at radius 2 is 2.18 bits per heavy atom. The molecule has 0 aromatic carbocycles. The van der Waals surface area contributed by atoms with Gasteiger partial charge in [0.05, 0.1) is 16.9 Å². The molecular weight excluding hydrogens is 292 g/mol. The number of hydrogen-bond acceptors (Lipinski definition) is 4. The number of thiazole rings is 1. The molecule has 1 atom stereocenters. The number of hydrogen-bond donors (Lipinski definition) is 0. The summed E-state index contributed by atoms with van der Waals surface area (Å²) in [6.45, 7) is 3.38. The third kappa shape index (κ3) is 2.97. The Morgan fingerprint density at radius 1 is 1.27 bits per heavy atom. The maximum absolute atomic E-state index is 5.00.